The molecule has 0 radical (unpaired) electrons. The van der Waals surface area contributed by atoms with Gasteiger partial charge < -0.3 is 19.5 Å². The number of ether oxygens (including phenoxy) is 1. The van der Waals surface area contributed by atoms with Crippen LogP contribution >= 0.6 is 23.1 Å². The molecule has 0 saturated carbocycles. The molecule has 9 heteroatoms. The SMILES string of the molecule is CCOc1ccccc1NC(=O)CS[C@@H](C)c1nc2scc(-c3ccco3)c2c(=O)[nH]1. The van der Waals surface area contributed by atoms with Gasteiger partial charge in [-0.15, -0.1) is 23.1 Å². The standard InChI is InChI=1S/C22H21N3O4S2/c1-3-28-17-8-5-4-7-15(17)23-18(26)12-30-13(2)20-24-21(27)19-14(11-31-22(19)25-20)16-9-6-10-29-16/h4-11,13H,3,12H2,1-2H3,(H,23,26)(H,24,25,27)/t13-/m0/s1. The highest BCUT2D eigenvalue weighted by Gasteiger charge is 2.18. The van der Waals surface area contributed by atoms with Crippen LogP contribution in [0, 0.1) is 0 Å². The van der Waals surface area contributed by atoms with Crippen molar-refractivity contribution in [3.05, 3.63) is 64.2 Å². The molecule has 1 atom stereocenters. The van der Waals surface area contributed by atoms with Crippen LogP contribution in [0.15, 0.2) is 57.3 Å². The number of benzene rings is 1. The fraction of sp³-hybridized carbons (Fsp3) is 0.227. The van der Waals surface area contributed by atoms with E-state index in [9.17, 15) is 9.59 Å². The van der Waals surface area contributed by atoms with E-state index >= 15 is 0 Å². The zero-order valence-corrected chi connectivity index (χ0v) is 18.6. The summed E-state index contributed by atoms with van der Waals surface area (Å²) in [4.78, 5) is 33.3. The van der Waals surface area contributed by atoms with Gasteiger partial charge in [0.25, 0.3) is 5.56 Å². The van der Waals surface area contributed by atoms with Gasteiger partial charge in [-0.1, -0.05) is 12.1 Å². The molecular weight excluding hydrogens is 434 g/mol. The van der Waals surface area contributed by atoms with Crippen molar-refractivity contribution in [2.75, 3.05) is 17.7 Å². The van der Waals surface area contributed by atoms with E-state index in [1.807, 2.05) is 43.5 Å². The Kier molecular flexibility index (Phi) is 6.43. The van der Waals surface area contributed by atoms with Crippen LogP contribution in [0.3, 0.4) is 0 Å². The molecule has 0 bridgehead atoms. The van der Waals surface area contributed by atoms with Crippen molar-refractivity contribution in [1.29, 1.82) is 0 Å². The number of furan rings is 1. The summed E-state index contributed by atoms with van der Waals surface area (Å²) >= 11 is 2.80. The van der Waals surface area contributed by atoms with Crippen molar-refractivity contribution in [3.63, 3.8) is 0 Å². The Morgan fingerprint density at radius 1 is 1.32 bits per heavy atom. The molecule has 0 unspecified atom stereocenters. The monoisotopic (exact) mass is 455 g/mol. The normalized spacial score (nSPS) is 12.1. The highest BCUT2D eigenvalue weighted by molar-refractivity contribution is 8.00. The van der Waals surface area contributed by atoms with Crippen LogP contribution in [-0.2, 0) is 4.79 Å². The van der Waals surface area contributed by atoms with Crippen molar-refractivity contribution in [3.8, 4) is 17.1 Å². The van der Waals surface area contributed by atoms with E-state index in [4.69, 9.17) is 9.15 Å². The van der Waals surface area contributed by atoms with Gasteiger partial charge in [0.2, 0.25) is 5.91 Å². The highest BCUT2D eigenvalue weighted by atomic mass is 32.2. The van der Waals surface area contributed by atoms with Crippen LogP contribution in [0.5, 0.6) is 5.75 Å². The first-order valence-corrected chi connectivity index (χ1v) is 11.7. The molecule has 1 aromatic carbocycles. The molecule has 3 aromatic heterocycles. The van der Waals surface area contributed by atoms with Crippen LogP contribution in [0.25, 0.3) is 21.5 Å². The Morgan fingerprint density at radius 3 is 2.94 bits per heavy atom. The number of aromatic nitrogens is 2. The number of anilines is 1. The second-order valence-corrected chi connectivity index (χ2v) is 8.88. The number of rotatable bonds is 8. The number of carbonyl (C=O) groups excluding carboxylic acids is 1. The van der Waals surface area contributed by atoms with E-state index in [1.165, 1.54) is 23.1 Å². The maximum atomic E-state index is 12.7. The number of carbonyl (C=O) groups is 1. The van der Waals surface area contributed by atoms with Gasteiger partial charge in [-0.25, -0.2) is 4.98 Å². The van der Waals surface area contributed by atoms with Crippen molar-refractivity contribution in [2.45, 2.75) is 19.1 Å². The van der Waals surface area contributed by atoms with E-state index in [-0.39, 0.29) is 22.5 Å². The molecule has 0 aliphatic carbocycles. The van der Waals surface area contributed by atoms with Crippen LogP contribution in [-0.4, -0.2) is 28.2 Å². The van der Waals surface area contributed by atoms with Gasteiger partial charge in [0.1, 0.15) is 22.2 Å². The molecule has 7 nitrogen and oxygen atoms in total. The van der Waals surface area contributed by atoms with E-state index < -0.39 is 0 Å². The topological polar surface area (TPSA) is 97.2 Å². The summed E-state index contributed by atoms with van der Waals surface area (Å²) in [6, 6.07) is 10.9. The van der Waals surface area contributed by atoms with Gasteiger partial charge in [-0.2, -0.15) is 0 Å². The predicted octanol–water partition coefficient (Wildman–Crippen LogP) is 5.08. The molecule has 0 aliphatic rings. The van der Waals surface area contributed by atoms with Gasteiger partial charge in [-0.3, -0.25) is 9.59 Å². The second kappa shape index (κ2) is 9.40. The number of para-hydroxylation sites is 2. The minimum absolute atomic E-state index is 0.149. The van der Waals surface area contributed by atoms with Gasteiger partial charge in [0.15, 0.2) is 0 Å². The molecule has 31 heavy (non-hydrogen) atoms. The van der Waals surface area contributed by atoms with E-state index in [0.29, 0.717) is 39.8 Å². The summed E-state index contributed by atoms with van der Waals surface area (Å²) in [5, 5.41) is 5.10. The number of hydrogen-bond donors (Lipinski definition) is 2. The molecule has 3 heterocycles. The minimum atomic E-state index is -0.213. The first kappa shape index (κ1) is 21.2. The molecule has 0 aliphatic heterocycles. The van der Waals surface area contributed by atoms with Crippen LogP contribution in [0.2, 0.25) is 0 Å². The van der Waals surface area contributed by atoms with E-state index in [2.05, 4.69) is 15.3 Å². The third kappa shape index (κ3) is 4.67. The van der Waals surface area contributed by atoms with Crippen LogP contribution in [0.4, 0.5) is 5.69 Å². The highest BCUT2D eigenvalue weighted by Crippen LogP contribution is 2.33. The Balaban J connectivity index is 1.45. The quantitative estimate of drug-likeness (QED) is 0.385. The molecular formula is C22H21N3O4S2. The number of nitrogens with zero attached hydrogens (tertiary/aromatic N) is 1. The fourth-order valence-electron chi connectivity index (χ4n) is 3.09. The Bertz CT molecular complexity index is 1250. The average molecular weight is 456 g/mol. The number of thiophene rings is 1. The van der Waals surface area contributed by atoms with E-state index in [1.54, 1.807) is 18.4 Å². The summed E-state index contributed by atoms with van der Waals surface area (Å²) in [7, 11) is 0. The molecule has 2 N–H and O–H groups in total. The largest absolute Gasteiger partial charge is 0.492 e. The van der Waals surface area contributed by atoms with Crippen molar-refractivity contribution in [2.24, 2.45) is 0 Å². The first-order valence-electron chi connectivity index (χ1n) is 9.75. The molecule has 4 aromatic rings. The first-order chi connectivity index (χ1) is 15.1. The summed E-state index contributed by atoms with van der Waals surface area (Å²) in [6.45, 7) is 4.33. The summed E-state index contributed by atoms with van der Waals surface area (Å²) in [6.07, 6.45) is 1.57. The lowest BCUT2D eigenvalue weighted by atomic mass is 10.2. The predicted molar refractivity (Wildman–Crippen MR) is 125 cm³/mol. The number of H-pyrrole nitrogens is 1. The van der Waals surface area contributed by atoms with E-state index in [0.717, 1.165) is 5.56 Å². The minimum Gasteiger partial charge on any atom is -0.492 e. The average Bonchev–Trinajstić information content (AvgIpc) is 3.43. The molecule has 0 spiro atoms. The smallest absolute Gasteiger partial charge is 0.260 e. The second-order valence-electron chi connectivity index (χ2n) is 6.69. The van der Waals surface area contributed by atoms with Crippen LogP contribution in [0.1, 0.15) is 24.9 Å². The Hall–Kier alpha value is -3.04. The van der Waals surface area contributed by atoms with Crippen molar-refractivity contribution < 1.29 is 13.9 Å². The lowest BCUT2D eigenvalue weighted by Crippen LogP contribution is -2.17. The van der Waals surface area contributed by atoms with Crippen LogP contribution < -0.4 is 15.6 Å². The zero-order chi connectivity index (χ0) is 21.8. The molecule has 160 valence electrons. The maximum absolute atomic E-state index is 12.7. The van der Waals surface area contributed by atoms with Crippen molar-refractivity contribution in [1.82, 2.24) is 9.97 Å². The van der Waals surface area contributed by atoms with Gasteiger partial charge in [0, 0.05) is 10.9 Å². The summed E-state index contributed by atoms with van der Waals surface area (Å²) in [5.74, 6) is 1.88. The summed E-state index contributed by atoms with van der Waals surface area (Å²) in [5.41, 5.74) is 1.16. The van der Waals surface area contributed by atoms with Gasteiger partial charge >= 0.3 is 0 Å². The van der Waals surface area contributed by atoms with Gasteiger partial charge in [-0.05, 0) is 38.1 Å². The molecule has 0 fully saturated rings. The Morgan fingerprint density at radius 2 is 2.16 bits per heavy atom. The number of aromatic amines is 1. The third-order valence-corrected chi connectivity index (χ3v) is 6.58. The zero-order valence-electron chi connectivity index (χ0n) is 17.0. The molecule has 0 saturated heterocycles. The fourth-order valence-corrected chi connectivity index (χ4v) is 4.77. The number of hydrogen-bond acceptors (Lipinski definition) is 7. The van der Waals surface area contributed by atoms with Crippen molar-refractivity contribution >= 4 is 44.9 Å². The Labute approximate surface area is 186 Å². The van der Waals surface area contributed by atoms with Gasteiger partial charge in [0.05, 0.1) is 34.9 Å². The third-order valence-electron chi connectivity index (χ3n) is 4.56. The number of nitrogens with one attached hydrogen (secondary N) is 2. The lowest BCUT2D eigenvalue weighted by Gasteiger charge is -2.13. The molecule has 1 amide bonds. The number of amides is 1. The molecule has 4 rings (SSSR count). The maximum Gasteiger partial charge on any atom is 0.260 e. The number of fused-ring (bicyclic) bond motifs is 1. The number of thioether (sulfide) groups is 1. The summed E-state index contributed by atoms with van der Waals surface area (Å²) < 4.78 is 11.0. The lowest BCUT2D eigenvalue weighted by molar-refractivity contribution is -0.113.